The van der Waals surface area contributed by atoms with E-state index in [1.165, 1.54) is 0 Å². The molecular weight excluding hydrogens is 402 g/mol. The summed E-state index contributed by atoms with van der Waals surface area (Å²) in [5.41, 5.74) is 2.54. The highest BCUT2D eigenvalue weighted by Gasteiger charge is 2.52. The van der Waals surface area contributed by atoms with E-state index in [9.17, 15) is 19.2 Å². The summed E-state index contributed by atoms with van der Waals surface area (Å²) in [6.45, 7) is -0.0456. The first-order valence-corrected chi connectivity index (χ1v) is 10.2. The Labute approximate surface area is 178 Å². The lowest BCUT2D eigenvalue weighted by Crippen LogP contribution is -2.51. The van der Waals surface area contributed by atoms with Gasteiger partial charge in [-0.15, -0.1) is 0 Å². The van der Waals surface area contributed by atoms with Crippen LogP contribution in [0, 0.1) is 0 Å². The highest BCUT2D eigenvalue weighted by atomic mass is 16.5. The first-order valence-electron chi connectivity index (χ1n) is 10.2. The molecule has 2 N–H and O–H groups in total. The van der Waals surface area contributed by atoms with Crippen LogP contribution in [0.15, 0.2) is 42.7 Å². The second-order valence-corrected chi connectivity index (χ2v) is 7.73. The highest BCUT2D eigenvalue weighted by Crippen LogP contribution is 2.32. The molecule has 10 nitrogen and oxygen atoms in total. The third kappa shape index (κ3) is 4.42. The molecule has 1 aliphatic heterocycles. The van der Waals surface area contributed by atoms with Gasteiger partial charge in [-0.1, -0.05) is 31.4 Å². The van der Waals surface area contributed by atoms with Gasteiger partial charge in [-0.25, -0.2) is 9.59 Å². The maximum atomic E-state index is 12.6. The van der Waals surface area contributed by atoms with Crippen LogP contribution in [0.1, 0.15) is 48.0 Å². The van der Waals surface area contributed by atoms with Crippen LogP contribution in [0.5, 0.6) is 0 Å². The lowest BCUT2D eigenvalue weighted by molar-refractivity contribution is -0.140. The van der Waals surface area contributed by atoms with Crippen LogP contribution >= 0.6 is 0 Å². The number of carbonyl (C=O) groups is 4. The molecule has 2 aromatic rings. The first kappa shape index (κ1) is 20.6. The number of imide groups is 1. The molecule has 1 saturated heterocycles. The Bertz CT molecular complexity index is 980. The van der Waals surface area contributed by atoms with E-state index in [1.54, 1.807) is 35.1 Å². The molecule has 2 heterocycles. The summed E-state index contributed by atoms with van der Waals surface area (Å²) in [7, 11) is 0. The molecule has 1 spiro atoms. The molecule has 31 heavy (non-hydrogen) atoms. The summed E-state index contributed by atoms with van der Waals surface area (Å²) in [6.07, 6.45) is 7.31. The maximum Gasteiger partial charge on any atom is 0.344 e. The van der Waals surface area contributed by atoms with Crippen molar-refractivity contribution in [3.63, 3.8) is 0 Å². The first-order chi connectivity index (χ1) is 15.0. The number of urea groups is 1. The van der Waals surface area contributed by atoms with Crippen molar-refractivity contribution in [1.29, 1.82) is 0 Å². The van der Waals surface area contributed by atoms with E-state index in [2.05, 4.69) is 15.8 Å². The zero-order valence-corrected chi connectivity index (χ0v) is 16.9. The Morgan fingerprint density at radius 3 is 2.55 bits per heavy atom. The third-order valence-electron chi connectivity index (χ3n) is 5.53. The summed E-state index contributed by atoms with van der Waals surface area (Å²) in [5, 5.41) is 7.50. The topological polar surface area (TPSA) is 123 Å². The Hall–Kier alpha value is -3.69. The van der Waals surface area contributed by atoms with Crippen LogP contribution in [-0.2, 0) is 20.9 Å². The molecule has 0 atom stereocenters. The minimum absolute atomic E-state index is 0.285. The van der Waals surface area contributed by atoms with Crippen molar-refractivity contribution in [2.45, 2.75) is 44.2 Å². The van der Waals surface area contributed by atoms with Gasteiger partial charge >= 0.3 is 12.0 Å². The smallest absolute Gasteiger partial charge is 0.344 e. The minimum atomic E-state index is -0.933. The number of rotatable bonds is 6. The molecule has 10 heteroatoms. The summed E-state index contributed by atoms with van der Waals surface area (Å²) in [6, 6.07) is 7.90. The number of ether oxygens (including phenoxy) is 1. The van der Waals surface area contributed by atoms with E-state index in [4.69, 9.17) is 4.74 Å². The average molecular weight is 425 g/mol. The van der Waals surface area contributed by atoms with Gasteiger partial charge in [0.1, 0.15) is 5.54 Å². The predicted octanol–water partition coefficient (Wildman–Crippen LogP) is 1.37. The van der Waals surface area contributed by atoms with Crippen molar-refractivity contribution in [3.8, 4) is 0 Å². The molecule has 4 rings (SSSR count). The molecule has 0 unspecified atom stereocenters. The second kappa shape index (κ2) is 8.58. The van der Waals surface area contributed by atoms with Crippen molar-refractivity contribution in [3.05, 3.63) is 53.9 Å². The molecule has 2 aliphatic rings. The summed E-state index contributed by atoms with van der Waals surface area (Å²) in [5.74, 6) is -1.91. The van der Waals surface area contributed by atoms with Gasteiger partial charge in [0.05, 0.1) is 12.1 Å². The molecule has 0 bridgehead atoms. The van der Waals surface area contributed by atoms with E-state index in [0.717, 1.165) is 24.8 Å². The number of hydrazine groups is 1. The standard InChI is InChI=1S/C21H23N5O5/c27-17(24-26-19(29)21(23-20(26)30)9-2-1-3-10-21)14-31-18(28)16-7-5-15(6-8-16)13-25-12-4-11-22-25/h4-8,11-12H,1-3,9-10,13-14H2,(H,23,30)(H,24,27). The number of carbonyl (C=O) groups excluding carboxylic acids is 4. The normalized spacial score (nSPS) is 17.5. The Morgan fingerprint density at radius 1 is 1.13 bits per heavy atom. The molecule has 1 aromatic carbocycles. The van der Waals surface area contributed by atoms with Gasteiger partial charge in [-0.05, 0) is 36.6 Å². The van der Waals surface area contributed by atoms with Crippen molar-refractivity contribution in [2.24, 2.45) is 0 Å². The van der Waals surface area contributed by atoms with E-state index in [0.29, 0.717) is 24.4 Å². The molecule has 2 fully saturated rings. The van der Waals surface area contributed by atoms with Crippen LogP contribution in [-0.4, -0.2) is 50.7 Å². The fraction of sp³-hybridized carbons (Fsp3) is 0.381. The van der Waals surface area contributed by atoms with Crippen molar-refractivity contribution in [1.82, 2.24) is 25.5 Å². The molecule has 4 amide bonds. The largest absolute Gasteiger partial charge is 0.452 e. The minimum Gasteiger partial charge on any atom is -0.452 e. The number of hydrogen-bond acceptors (Lipinski definition) is 6. The Kier molecular flexibility index (Phi) is 5.70. The number of hydrogen-bond donors (Lipinski definition) is 2. The van der Waals surface area contributed by atoms with Crippen LogP contribution in [0.25, 0.3) is 0 Å². The second-order valence-electron chi connectivity index (χ2n) is 7.73. The summed E-state index contributed by atoms with van der Waals surface area (Å²) >= 11 is 0. The number of aromatic nitrogens is 2. The van der Waals surface area contributed by atoms with Crippen molar-refractivity contribution in [2.75, 3.05) is 6.61 Å². The van der Waals surface area contributed by atoms with Gasteiger partial charge in [0.2, 0.25) is 0 Å². The quantitative estimate of drug-likeness (QED) is 0.532. The van der Waals surface area contributed by atoms with Gasteiger partial charge in [0, 0.05) is 12.4 Å². The maximum absolute atomic E-state index is 12.6. The average Bonchev–Trinajstić information content (AvgIpc) is 3.36. The lowest BCUT2D eigenvalue weighted by atomic mass is 9.82. The van der Waals surface area contributed by atoms with Gasteiger partial charge in [0.15, 0.2) is 6.61 Å². The van der Waals surface area contributed by atoms with Gasteiger partial charge in [0.25, 0.3) is 11.8 Å². The molecule has 0 radical (unpaired) electrons. The SMILES string of the molecule is O=C(COC(=O)c1ccc(Cn2cccn2)cc1)NN1C(=O)NC2(CCCCC2)C1=O. The van der Waals surface area contributed by atoms with Crippen LogP contribution in [0.4, 0.5) is 4.79 Å². The fourth-order valence-electron chi connectivity index (χ4n) is 3.91. The van der Waals surface area contributed by atoms with Crippen LogP contribution < -0.4 is 10.7 Å². The zero-order valence-electron chi connectivity index (χ0n) is 16.9. The zero-order chi connectivity index (χ0) is 21.8. The van der Waals surface area contributed by atoms with Crippen molar-refractivity contribution < 1.29 is 23.9 Å². The lowest BCUT2D eigenvalue weighted by Gasteiger charge is -2.30. The highest BCUT2D eigenvalue weighted by molar-refractivity contribution is 6.08. The summed E-state index contributed by atoms with van der Waals surface area (Å²) in [4.78, 5) is 49.2. The van der Waals surface area contributed by atoms with E-state index >= 15 is 0 Å². The van der Waals surface area contributed by atoms with E-state index in [1.807, 2.05) is 12.3 Å². The monoisotopic (exact) mass is 425 g/mol. The van der Waals surface area contributed by atoms with Gasteiger partial charge < -0.3 is 10.1 Å². The number of esters is 1. The van der Waals surface area contributed by atoms with Crippen molar-refractivity contribution >= 4 is 23.8 Å². The fourth-order valence-corrected chi connectivity index (χ4v) is 3.91. The molecule has 1 aliphatic carbocycles. The predicted molar refractivity (Wildman–Crippen MR) is 107 cm³/mol. The number of nitrogens with one attached hydrogen (secondary N) is 2. The third-order valence-corrected chi connectivity index (χ3v) is 5.53. The van der Waals surface area contributed by atoms with E-state index < -0.39 is 36.0 Å². The summed E-state index contributed by atoms with van der Waals surface area (Å²) < 4.78 is 6.77. The number of amides is 4. The number of benzene rings is 1. The molecule has 162 valence electrons. The van der Waals surface area contributed by atoms with Gasteiger partial charge in [-0.3, -0.25) is 19.7 Å². The van der Waals surface area contributed by atoms with E-state index in [-0.39, 0.29) is 5.56 Å². The van der Waals surface area contributed by atoms with Crippen LogP contribution in [0.3, 0.4) is 0 Å². The molecular formula is C21H23N5O5. The molecule has 1 saturated carbocycles. The Morgan fingerprint density at radius 2 is 1.87 bits per heavy atom. The number of nitrogens with zero attached hydrogens (tertiary/aromatic N) is 3. The van der Waals surface area contributed by atoms with Gasteiger partial charge in [-0.2, -0.15) is 10.1 Å². The van der Waals surface area contributed by atoms with Crippen LogP contribution in [0.2, 0.25) is 0 Å². The molecule has 1 aromatic heterocycles. The Balaban J connectivity index is 1.28.